The molecule has 1 amide bonds. The lowest BCUT2D eigenvalue weighted by Gasteiger charge is -2.07. The van der Waals surface area contributed by atoms with Crippen molar-refractivity contribution in [1.82, 2.24) is 14.8 Å². The van der Waals surface area contributed by atoms with Gasteiger partial charge in [0.1, 0.15) is 12.4 Å². The standard InChI is InChI=1S/C20H19FN4O3/c21-13-4-6-15(7-5-13)25-17-3-1-2-16(17)19(24-25)20(27)23-14-8-9-22-18(12-14)28-11-10-26/h4-9,12,26H,1-3,10-11H2,(H,22,23,27). The molecule has 0 aliphatic heterocycles. The van der Waals surface area contributed by atoms with Gasteiger partial charge in [-0.3, -0.25) is 4.79 Å². The van der Waals surface area contributed by atoms with Crippen molar-refractivity contribution in [1.29, 1.82) is 0 Å². The van der Waals surface area contributed by atoms with Gasteiger partial charge in [-0.2, -0.15) is 5.10 Å². The maximum Gasteiger partial charge on any atom is 0.276 e. The second kappa shape index (κ2) is 7.77. The first kappa shape index (κ1) is 18.1. The lowest BCUT2D eigenvalue weighted by molar-refractivity contribution is 0.102. The number of aliphatic hydroxyl groups excluding tert-OH is 1. The number of nitrogens with zero attached hydrogens (tertiary/aromatic N) is 3. The molecule has 0 fully saturated rings. The summed E-state index contributed by atoms with van der Waals surface area (Å²) in [6.07, 6.45) is 4.06. The number of carbonyl (C=O) groups is 1. The summed E-state index contributed by atoms with van der Waals surface area (Å²) in [4.78, 5) is 16.9. The zero-order valence-electron chi connectivity index (χ0n) is 15.1. The zero-order valence-corrected chi connectivity index (χ0v) is 15.1. The quantitative estimate of drug-likeness (QED) is 0.684. The van der Waals surface area contributed by atoms with Gasteiger partial charge in [0.2, 0.25) is 5.88 Å². The third kappa shape index (κ3) is 3.59. The van der Waals surface area contributed by atoms with Crippen LogP contribution in [0, 0.1) is 5.82 Å². The zero-order chi connectivity index (χ0) is 19.5. The van der Waals surface area contributed by atoms with Gasteiger partial charge in [-0.05, 0) is 49.6 Å². The van der Waals surface area contributed by atoms with Crippen molar-refractivity contribution in [2.24, 2.45) is 0 Å². The summed E-state index contributed by atoms with van der Waals surface area (Å²) < 4.78 is 20.2. The van der Waals surface area contributed by atoms with Gasteiger partial charge in [-0.25, -0.2) is 14.1 Å². The number of aliphatic hydroxyl groups is 1. The summed E-state index contributed by atoms with van der Waals surface area (Å²) in [6, 6.07) is 9.30. The van der Waals surface area contributed by atoms with Crippen molar-refractivity contribution in [3.63, 3.8) is 0 Å². The molecule has 0 saturated heterocycles. The summed E-state index contributed by atoms with van der Waals surface area (Å²) >= 11 is 0. The van der Waals surface area contributed by atoms with Crippen LogP contribution in [0.1, 0.15) is 28.2 Å². The minimum absolute atomic E-state index is 0.120. The van der Waals surface area contributed by atoms with Gasteiger partial charge in [0.25, 0.3) is 5.91 Å². The van der Waals surface area contributed by atoms with Crippen LogP contribution in [-0.2, 0) is 12.8 Å². The number of halogens is 1. The maximum atomic E-state index is 13.2. The lowest BCUT2D eigenvalue weighted by Crippen LogP contribution is -2.15. The molecule has 8 heteroatoms. The van der Waals surface area contributed by atoms with E-state index in [0.717, 1.165) is 36.2 Å². The highest BCUT2D eigenvalue weighted by Gasteiger charge is 2.27. The second-order valence-electron chi connectivity index (χ2n) is 6.42. The fraction of sp³-hybridized carbons (Fsp3) is 0.250. The van der Waals surface area contributed by atoms with E-state index in [-0.39, 0.29) is 24.9 Å². The number of anilines is 1. The van der Waals surface area contributed by atoms with Crippen LogP contribution in [0.25, 0.3) is 5.69 Å². The van der Waals surface area contributed by atoms with Crippen molar-refractivity contribution in [3.8, 4) is 11.6 Å². The Morgan fingerprint density at radius 1 is 1.25 bits per heavy atom. The molecule has 2 heterocycles. The Kier molecular flexibility index (Phi) is 5.03. The Morgan fingerprint density at radius 3 is 2.86 bits per heavy atom. The van der Waals surface area contributed by atoms with Crippen molar-refractivity contribution in [3.05, 3.63) is 65.4 Å². The summed E-state index contributed by atoms with van der Waals surface area (Å²) in [5, 5.41) is 16.2. The summed E-state index contributed by atoms with van der Waals surface area (Å²) in [7, 11) is 0. The third-order valence-electron chi connectivity index (χ3n) is 4.55. The smallest absolute Gasteiger partial charge is 0.276 e. The first-order valence-corrected chi connectivity index (χ1v) is 9.03. The molecule has 1 aromatic carbocycles. The number of hydrogen-bond donors (Lipinski definition) is 2. The number of ether oxygens (including phenoxy) is 1. The lowest BCUT2D eigenvalue weighted by atomic mass is 10.2. The van der Waals surface area contributed by atoms with E-state index in [1.807, 2.05) is 0 Å². The van der Waals surface area contributed by atoms with Crippen LogP contribution >= 0.6 is 0 Å². The van der Waals surface area contributed by atoms with E-state index in [1.54, 1.807) is 28.9 Å². The molecule has 28 heavy (non-hydrogen) atoms. The van der Waals surface area contributed by atoms with Gasteiger partial charge in [0.15, 0.2) is 5.69 Å². The molecular weight excluding hydrogens is 363 g/mol. The van der Waals surface area contributed by atoms with Crippen LogP contribution in [-0.4, -0.2) is 39.0 Å². The van der Waals surface area contributed by atoms with E-state index in [0.29, 0.717) is 17.3 Å². The number of fused-ring (bicyclic) bond motifs is 1. The molecule has 0 atom stereocenters. The minimum atomic E-state index is -0.321. The number of benzene rings is 1. The molecule has 0 radical (unpaired) electrons. The SMILES string of the molecule is O=C(Nc1ccnc(OCCO)c1)c1nn(-c2ccc(F)cc2)c2c1CCC2. The van der Waals surface area contributed by atoms with Crippen LogP contribution in [0.15, 0.2) is 42.6 Å². The van der Waals surface area contributed by atoms with E-state index in [9.17, 15) is 9.18 Å². The molecule has 2 N–H and O–H groups in total. The van der Waals surface area contributed by atoms with Crippen molar-refractivity contribution in [2.75, 3.05) is 18.5 Å². The average molecular weight is 382 g/mol. The van der Waals surface area contributed by atoms with Crippen molar-refractivity contribution >= 4 is 11.6 Å². The van der Waals surface area contributed by atoms with Gasteiger partial charge >= 0.3 is 0 Å². The van der Waals surface area contributed by atoms with Gasteiger partial charge in [0.05, 0.1) is 12.3 Å². The van der Waals surface area contributed by atoms with Crippen LogP contribution < -0.4 is 10.1 Å². The van der Waals surface area contributed by atoms with Gasteiger partial charge in [-0.1, -0.05) is 0 Å². The van der Waals surface area contributed by atoms with Gasteiger partial charge in [0, 0.05) is 29.2 Å². The molecule has 0 unspecified atom stereocenters. The summed E-state index contributed by atoms with van der Waals surface area (Å²) in [5.74, 6) is -0.324. The van der Waals surface area contributed by atoms with Crippen LogP contribution in [0.5, 0.6) is 5.88 Å². The summed E-state index contributed by atoms with van der Waals surface area (Å²) in [6.45, 7) is 0.00517. The predicted octanol–water partition coefficient (Wildman–Crippen LogP) is 2.52. The predicted molar refractivity (Wildman–Crippen MR) is 100 cm³/mol. The van der Waals surface area contributed by atoms with E-state index in [1.165, 1.54) is 18.3 Å². The molecule has 1 aliphatic rings. The number of rotatable bonds is 6. The molecule has 3 aromatic rings. The molecule has 0 spiro atoms. The number of aromatic nitrogens is 3. The van der Waals surface area contributed by atoms with E-state index in [2.05, 4.69) is 15.4 Å². The Balaban J connectivity index is 1.60. The number of nitrogens with one attached hydrogen (secondary N) is 1. The molecular formula is C20H19FN4O3. The largest absolute Gasteiger partial charge is 0.475 e. The molecule has 0 saturated carbocycles. The topological polar surface area (TPSA) is 89.3 Å². The van der Waals surface area contributed by atoms with E-state index >= 15 is 0 Å². The van der Waals surface area contributed by atoms with Crippen LogP contribution in [0.4, 0.5) is 10.1 Å². The number of hydrogen-bond acceptors (Lipinski definition) is 5. The van der Waals surface area contributed by atoms with E-state index < -0.39 is 0 Å². The Morgan fingerprint density at radius 2 is 2.07 bits per heavy atom. The Labute approximate surface area is 160 Å². The first-order valence-electron chi connectivity index (χ1n) is 9.03. The molecule has 4 rings (SSSR count). The maximum absolute atomic E-state index is 13.2. The molecule has 2 aromatic heterocycles. The molecule has 0 bridgehead atoms. The van der Waals surface area contributed by atoms with Gasteiger partial charge < -0.3 is 15.2 Å². The number of carbonyl (C=O) groups excluding carboxylic acids is 1. The highest BCUT2D eigenvalue weighted by Crippen LogP contribution is 2.28. The fourth-order valence-corrected chi connectivity index (χ4v) is 3.32. The number of pyridine rings is 1. The normalized spacial score (nSPS) is 12.6. The highest BCUT2D eigenvalue weighted by atomic mass is 19.1. The molecule has 1 aliphatic carbocycles. The number of amides is 1. The van der Waals surface area contributed by atoms with Crippen molar-refractivity contribution in [2.45, 2.75) is 19.3 Å². The molecule has 7 nitrogen and oxygen atoms in total. The Hall–Kier alpha value is -3.26. The summed E-state index contributed by atoms with van der Waals surface area (Å²) in [5.41, 5.74) is 3.52. The van der Waals surface area contributed by atoms with Gasteiger partial charge in [-0.15, -0.1) is 0 Å². The third-order valence-corrected chi connectivity index (χ3v) is 4.55. The fourth-order valence-electron chi connectivity index (χ4n) is 3.32. The highest BCUT2D eigenvalue weighted by molar-refractivity contribution is 6.04. The second-order valence-corrected chi connectivity index (χ2v) is 6.42. The van der Waals surface area contributed by atoms with Crippen LogP contribution in [0.2, 0.25) is 0 Å². The minimum Gasteiger partial charge on any atom is -0.475 e. The van der Waals surface area contributed by atoms with Crippen LogP contribution in [0.3, 0.4) is 0 Å². The van der Waals surface area contributed by atoms with Crippen molar-refractivity contribution < 1.29 is 19.0 Å². The molecule has 144 valence electrons. The van der Waals surface area contributed by atoms with E-state index in [4.69, 9.17) is 9.84 Å². The first-order chi connectivity index (χ1) is 13.7. The monoisotopic (exact) mass is 382 g/mol. The Bertz CT molecular complexity index is 1000. The average Bonchev–Trinajstić information content (AvgIpc) is 3.30.